The molecule has 0 aliphatic carbocycles. The lowest BCUT2D eigenvalue weighted by molar-refractivity contribution is -0.136. The van der Waals surface area contributed by atoms with E-state index in [1.165, 1.54) is 24.3 Å². The number of hydrogen-bond acceptors (Lipinski definition) is 5. The van der Waals surface area contributed by atoms with Crippen molar-refractivity contribution >= 4 is 21.9 Å². The van der Waals surface area contributed by atoms with E-state index in [2.05, 4.69) is 11.6 Å². The van der Waals surface area contributed by atoms with Gasteiger partial charge in [-0.05, 0) is 37.0 Å². The molecule has 138 valence electrons. The Morgan fingerprint density at radius 2 is 2.12 bits per heavy atom. The van der Waals surface area contributed by atoms with Crippen LogP contribution in [0.1, 0.15) is 37.0 Å². The van der Waals surface area contributed by atoms with E-state index in [4.69, 9.17) is 4.74 Å². The fraction of sp³-hybridized carbons (Fsp3) is 0.529. The number of sulfonamides is 1. The zero-order valence-corrected chi connectivity index (χ0v) is 15.3. The van der Waals surface area contributed by atoms with Crippen molar-refractivity contribution in [2.75, 3.05) is 26.2 Å². The highest BCUT2D eigenvalue weighted by Crippen LogP contribution is 2.16. The molecule has 1 amide bonds. The molecule has 0 saturated carbocycles. The summed E-state index contributed by atoms with van der Waals surface area (Å²) in [7, 11) is -3.65. The van der Waals surface area contributed by atoms with Gasteiger partial charge in [0.2, 0.25) is 10.0 Å². The molecule has 1 saturated heterocycles. The third kappa shape index (κ3) is 5.27. The number of likely N-dealkylation sites (tertiary alicyclic amines) is 1. The maximum atomic E-state index is 12.1. The molecular weight excluding hydrogens is 344 g/mol. The van der Waals surface area contributed by atoms with E-state index < -0.39 is 16.0 Å². The van der Waals surface area contributed by atoms with E-state index in [0.29, 0.717) is 19.0 Å². The predicted molar refractivity (Wildman–Crippen MR) is 92.6 cm³/mol. The number of hydrogen-bond donors (Lipinski definition) is 1. The molecule has 1 aliphatic heterocycles. The van der Waals surface area contributed by atoms with E-state index in [-0.39, 0.29) is 29.5 Å². The van der Waals surface area contributed by atoms with Crippen molar-refractivity contribution in [1.82, 2.24) is 9.62 Å². The quantitative estimate of drug-likeness (QED) is 0.766. The van der Waals surface area contributed by atoms with Crippen LogP contribution in [0.4, 0.5) is 0 Å². The number of carbonyl (C=O) groups is 2. The van der Waals surface area contributed by atoms with Crippen molar-refractivity contribution < 1.29 is 22.7 Å². The Hall–Kier alpha value is -1.93. The molecule has 0 bridgehead atoms. The third-order valence-corrected chi connectivity index (χ3v) is 5.59. The average Bonchev–Trinajstić information content (AvgIpc) is 2.59. The summed E-state index contributed by atoms with van der Waals surface area (Å²) >= 11 is 0. The first-order chi connectivity index (χ1) is 11.8. The zero-order chi connectivity index (χ0) is 18.4. The summed E-state index contributed by atoms with van der Waals surface area (Å²) in [6, 6.07) is 5.57. The highest BCUT2D eigenvalue weighted by Gasteiger charge is 2.22. The third-order valence-electron chi connectivity index (χ3n) is 4.05. The monoisotopic (exact) mass is 368 g/mol. The van der Waals surface area contributed by atoms with Crippen molar-refractivity contribution in [2.24, 2.45) is 5.92 Å². The van der Waals surface area contributed by atoms with Crippen LogP contribution in [0.3, 0.4) is 0 Å². The Morgan fingerprint density at radius 3 is 2.80 bits per heavy atom. The Balaban J connectivity index is 1.98. The number of carbonyl (C=O) groups excluding carboxylic acids is 2. The fourth-order valence-electron chi connectivity index (χ4n) is 2.78. The van der Waals surface area contributed by atoms with Gasteiger partial charge in [0, 0.05) is 19.6 Å². The number of esters is 1. The molecule has 0 aromatic heterocycles. The van der Waals surface area contributed by atoms with Crippen LogP contribution in [-0.2, 0) is 19.6 Å². The summed E-state index contributed by atoms with van der Waals surface area (Å²) in [5.74, 6) is -0.496. The largest absolute Gasteiger partial charge is 0.452 e. The lowest BCUT2D eigenvalue weighted by atomic mass is 10.0. The highest BCUT2D eigenvalue weighted by atomic mass is 32.2. The van der Waals surface area contributed by atoms with Crippen LogP contribution in [0.2, 0.25) is 0 Å². The SMILES string of the molecule is CCNS(=O)(=O)c1cccc(C(=O)OCC(=O)N2CCCC(C)C2)c1. The molecule has 1 fully saturated rings. The van der Waals surface area contributed by atoms with Gasteiger partial charge in [0.05, 0.1) is 10.5 Å². The van der Waals surface area contributed by atoms with Gasteiger partial charge in [0.15, 0.2) is 6.61 Å². The van der Waals surface area contributed by atoms with Crippen molar-refractivity contribution in [3.05, 3.63) is 29.8 Å². The number of amides is 1. The Labute approximate surface area is 148 Å². The summed E-state index contributed by atoms with van der Waals surface area (Å²) in [5.41, 5.74) is 0.0961. The van der Waals surface area contributed by atoms with E-state index >= 15 is 0 Å². The minimum absolute atomic E-state index is 0.0139. The van der Waals surface area contributed by atoms with Gasteiger partial charge in [-0.3, -0.25) is 4.79 Å². The molecule has 1 heterocycles. The van der Waals surface area contributed by atoms with E-state index in [9.17, 15) is 18.0 Å². The second-order valence-corrected chi connectivity index (χ2v) is 7.96. The first kappa shape index (κ1) is 19.4. The van der Waals surface area contributed by atoms with Gasteiger partial charge in [-0.15, -0.1) is 0 Å². The van der Waals surface area contributed by atoms with Gasteiger partial charge in [-0.2, -0.15) is 0 Å². The number of nitrogens with zero attached hydrogens (tertiary/aromatic N) is 1. The number of rotatable bonds is 6. The predicted octanol–water partition coefficient (Wildman–Crippen LogP) is 1.40. The highest BCUT2D eigenvalue weighted by molar-refractivity contribution is 7.89. The Kier molecular flexibility index (Phi) is 6.55. The molecule has 0 radical (unpaired) electrons. The summed E-state index contributed by atoms with van der Waals surface area (Å²) in [6.45, 7) is 5.02. The van der Waals surface area contributed by atoms with Gasteiger partial charge < -0.3 is 9.64 Å². The number of nitrogens with one attached hydrogen (secondary N) is 1. The van der Waals surface area contributed by atoms with Crippen molar-refractivity contribution in [2.45, 2.75) is 31.6 Å². The van der Waals surface area contributed by atoms with E-state index in [1.807, 2.05) is 0 Å². The molecule has 8 heteroatoms. The van der Waals surface area contributed by atoms with Crippen LogP contribution in [-0.4, -0.2) is 51.4 Å². The summed E-state index contributed by atoms with van der Waals surface area (Å²) in [4.78, 5) is 25.9. The Morgan fingerprint density at radius 1 is 1.36 bits per heavy atom. The average molecular weight is 368 g/mol. The Bertz CT molecular complexity index is 732. The molecule has 0 spiro atoms. The lowest BCUT2D eigenvalue weighted by Gasteiger charge is -2.30. The molecule has 25 heavy (non-hydrogen) atoms. The topological polar surface area (TPSA) is 92.8 Å². The summed E-state index contributed by atoms with van der Waals surface area (Å²) in [5, 5.41) is 0. The molecule has 1 unspecified atom stereocenters. The second kappa shape index (κ2) is 8.44. The van der Waals surface area contributed by atoms with Crippen LogP contribution in [0.25, 0.3) is 0 Å². The first-order valence-electron chi connectivity index (χ1n) is 8.38. The van der Waals surface area contributed by atoms with Gasteiger partial charge in [-0.25, -0.2) is 17.9 Å². The van der Waals surface area contributed by atoms with Crippen molar-refractivity contribution in [1.29, 1.82) is 0 Å². The minimum atomic E-state index is -3.65. The lowest BCUT2D eigenvalue weighted by Crippen LogP contribution is -2.41. The summed E-state index contributed by atoms with van der Waals surface area (Å²) < 4.78 is 31.4. The van der Waals surface area contributed by atoms with Crippen molar-refractivity contribution in [3.8, 4) is 0 Å². The van der Waals surface area contributed by atoms with Gasteiger partial charge >= 0.3 is 5.97 Å². The van der Waals surface area contributed by atoms with Crippen LogP contribution >= 0.6 is 0 Å². The molecule has 1 aliphatic rings. The molecule has 1 aromatic rings. The first-order valence-corrected chi connectivity index (χ1v) is 9.86. The maximum absolute atomic E-state index is 12.1. The van der Waals surface area contributed by atoms with E-state index in [1.54, 1.807) is 11.8 Å². The second-order valence-electron chi connectivity index (χ2n) is 6.19. The van der Waals surface area contributed by atoms with Gasteiger partial charge in [0.1, 0.15) is 0 Å². The molecule has 1 N–H and O–H groups in total. The number of ether oxygens (including phenoxy) is 1. The van der Waals surface area contributed by atoms with Gasteiger partial charge in [-0.1, -0.05) is 19.9 Å². The molecule has 1 aromatic carbocycles. The normalized spacial score (nSPS) is 18.0. The van der Waals surface area contributed by atoms with Crippen LogP contribution < -0.4 is 4.72 Å². The van der Waals surface area contributed by atoms with E-state index in [0.717, 1.165) is 12.8 Å². The molecule has 2 rings (SSSR count). The maximum Gasteiger partial charge on any atom is 0.338 e. The number of piperidine rings is 1. The standard InChI is InChI=1S/C17H24N2O5S/c1-3-18-25(22,23)15-8-4-7-14(10-15)17(21)24-12-16(20)19-9-5-6-13(2)11-19/h4,7-8,10,13,18H,3,5-6,9,11-12H2,1-2H3. The minimum Gasteiger partial charge on any atom is -0.452 e. The molecule has 7 nitrogen and oxygen atoms in total. The van der Waals surface area contributed by atoms with Crippen LogP contribution in [0.5, 0.6) is 0 Å². The molecule has 1 atom stereocenters. The summed E-state index contributed by atoms with van der Waals surface area (Å²) in [6.07, 6.45) is 2.04. The fourth-order valence-corrected chi connectivity index (χ4v) is 3.87. The van der Waals surface area contributed by atoms with Gasteiger partial charge in [0.25, 0.3) is 5.91 Å². The zero-order valence-electron chi connectivity index (χ0n) is 14.5. The smallest absolute Gasteiger partial charge is 0.338 e. The number of benzene rings is 1. The van der Waals surface area contributed by atoms with Crippen LogP contribution in [0.15, 0.2) is 29.2 Å². The van der Waals surface area contributed by atoms with Crippen LogP contribution in [0, 0.1) is 5.92 Å². The molecular formula is C17H24N2O5S. The van der Waals surface area contributed by atoms with Crippen molar-refractivity contribution in [3.63, 3.8) is 0 Å².